The van der Waals surface area contributed by atoms with Crippen molar-refractivity contribution in [3.63, 3.8) is 0 Å². The third-order valence-electron chi connectivity index (χ3n) is 3.67. The number of ether oxygens (including phenoxy) is 1. The summed E-state index contributed by atoms with van der Waals surface area (Å²) in [5.74, 6) is 0.823. The van der Waals surface area contributed by atoms with E-state index in [1.807, 2.05) is 0 Å². The Bertz CT molecular complexity index is 173. The molecule has 0 bridgehead atoms. The lowest BCUT2D eigenvalue weighted by Crippen LogP contribution is -2.49. The molecule has 0 spiro atoms. The Labute approximate surface area is 99.6 Å². The molecule has 0 aromatic heterocycles. The number of nitrogens with one attached hydrogen (secondary N) is 1. The minimum atomic E-state index is -0.0685. The van der Waals surface area contributed by atoms with Crippen LogP contribution in [-0.2, 0) is 4.74 Å². The first-order valence-corrected chi connectivity index (χ1v) is 6.55. The van der Waals surface area contributed by atoms with Crippen LogP contribution in [-0.4, -0.2) is 37.5 Å². The fraction of sp³-hybridized carbons (Fsp3) is 1.00. The van der Waals surface area contributed by atoms with Crippen LogP contribution in [0.2, 0.25) is 0 Å². The number of hydrogen-bond acceptors (Lipinski definition) is 3. The number of methoxy groups -OCH3 is 1. The maximum atomic E-state index is 9.07. The zero-order valence-corrected chi connectivity index (χ0v) is 10.8. The van der Waals surface area contributed by atoms with Gasteiger partial charge in [0.15, 0.2) is 0 Å². The summed E-state index contributed by atoms with van der Waals surface area (Å²) in [5, 5.41) is 12.7. The standard InChI is InChI=1S/C13H27NO2/c1-13(8-9-15,11-16-2)14-10-12-6-4-3-5-7-12/h12,14-15H,3-11H2,1-2H3. The van der Waals surface area contributed by atoms with Gasteiger partial charge in [-0.1, -0.05) is 19.3 Å². The van der Waals surface area contributed by atoms with Crippen molar-refractivity contribution in [1.82, 2.24) is 5.32 Å². The van der Waals surface area contributed by atoms with Gasteiger partial charge in [0.1, 0.15) is 0 Å². The maximum absolute atomic E-state index is 9.07. The molecule has 3 heteroatoms. The molecule has 1 saturated carbocycles. The van der Waals surface area contributed by atoms with Crippen LogP contribution in [0.4, 0.5) is 0 Å². The Hall–Kier alpha value is -0.120. The maximum Gasteiger partial charge on any atom is 0.0642 e. The van der Waals surface area contributed by atoms with Crippen molar-refractivity contribution in [2.24, 2.45) is 5.92 Å². The lowest BCUT2D eigenvalue weighted by atomic mass is 9.88. The lowest BCUT2D eigenvalue weighted by molar-refractivity contribution is 0.0933. The predicted molar refractivity (Wildman–Crippen MR) is 66.6 cm³/mol. The summed E-state index contributed by atoms with van der Waals surface area (Å²) in [5.41, 5.74) is -0.0685. The second-order valence-corrected chi connectivity index (χ2v) is 5.35. The minimum absolute atomic E-state index is 0.0685. The van der Waals surface area contributed by atoms with E-state index < -0.39 is 0 Å². The summed E-state index contributed by atoms with van der Waals surface area (Å²) in [6.07, 6.45) is 7.64. The summed E-state index contributed by atoms with van der Waals surface area (Å²) >= 11 is 0. The molecule has 0 aromatic carbocycles. The fourth-order valence-corrected chi connectivity index (χ4v) is 2.56. The first-order valence-electron chi connectivity index (χ1n) is 6.55. The average molecular weight is 229 g/mol. The van der Waals surface area contributed by atoms with Gasteiger partial charge in [0.2, 0.25) is 0 Å². The van der Waals surface area contributed by atoms with Gasteiger partial charge < -0.3 is 15.2 Å². The van der Waals surface area contributed by atoms with Crippen molar-refractivity contribution in [1.29, 1.82) is 0 Å². The van der Waals surface area contributed by atoms with Crippen LogP contribution >= 0.6 is 0 Å². The lowest BCUT2D eigenvalue weighted by Gasteiger charge is -2.32. The minimum Gasteiger partial charge on any atom is -0.396 e. The van der Waals surface area contributed by atoms with Crippen LogP contribution in [0, 0.1) is 5.92 Å². The summed E-state index contributed by atoms with van der Waals surface area (Å²) < 4.78 is 5.23. The van der Waals surface area contributed by atoms with Gasteiger partial charge in [-0.05, 0) is 38.6 Å². The SMILES string of the molecule is COCC(C)(CCO)NCC1CCCCC1. The molecular weight excluding hydrogens is 202 g/mol. The molecule has 0 aliphatic heterocycles. The van der Waals surface area contributed by atoms with E-state index in [0.29, 0.717) is 6.61 Å². The first-order chi connectivity index (χ1) is 7.70. The van der Waals surface area contributed by atoms with Gasteiger partial charge in [-0.25, -0.2) is 0 Å². The second-order valence-electron chi connectivity index (χ2n) is 5.35. The molecule has 0 radical (unpaired) electrons. The number of rotatable bonds is 7. The Kier molecular flexibility index (Phi) is 6.32. The quantitative estimate of drug-likeness (QED) is 0.701. The van der Waals surface area contributed by atoms with Crippen molar-refractivity contribution >= 4 is 0 Å². The van der Waals surface area contributed by atoms with E-state index in [0.717, 1.165) is 18.9 Å². The van der Waals surface area contributed by atoms with Gasteiger partial charge in [-0.2, -0.15) is 0 Å². The van der Waals surface area contributed by atoms with Crippen LogP contribution in [0.25, 0.3) is 0 Å². The molecule has 0 amide bonds. The Balaban J connectivity index is 2.30. The van der Waals surface area contributed by atoms with Crippen molar-refractivity contribution in [3.8, 4) is 0 Å². The summed E-state index contributed by atoms with van der Waals surface area (Å²) in [6, 6.07) is 0. The van der Waals surface area contributed by atoms with Crippen molar-refractivity contribution in [2.75, 3.05) is 26.9 Å². The van der Waals surface area contributed by atoms with E-state index in [9.17, 15) is 0 Å². The number of aliphatic hydroxyl groups is 1. The molecule has 1 aliphatic rings. The van der Waals surface area contributed by atoms with Gasteiger partial charge >= 0.3 is 0 Å². The van der Waals surface area contributed by atoms with E-state index in [-0.39, 0.29) is 12.1 Å². The zero-order valence-electron chi connectivity index (χ0n) is 10.8. The molecule has 1 rings (SSSR count). The highest BCUT2D eigenvalue weighted by atomic mass is 16.5. The monoisotopic (exact) mass is 229 g/mol. The van der Waals surface area contributed by atoms with Gasteiger partial charge in [0.25, 0.3) is 0 Å². The Morgan fingerprint density at radius 1 is 1.31 bits per heavy atom. The molecular formula is C13H27NO2. The highest BCUT2D eigenvalue weighted by Crippen LogP contribution is 2.23. The highest BCUT2D eigenvalue weighted by molar-refractivity contribution is 4.84. The molecule has 1 unspecified atom stereocenters. The third-order valence-corrected chi connectivity index (χ3v) is 3.67. The smallest absolute Gasteiger partial charge is 0.0642 e. The van der Waals surface area contributed by atoms with E-state index >= 15 is 0 Å². The number of hydrogen-bond donors (Lipinski definition) is 2. The fourth-order valence-electron chi connectivity index (χ4n) is 2.56. The van der Waals surface area contributed by atoms with Gasteiger partial charge in [0, 0.05) is 19.3 Å². The van der Waals surface area contributed by atoms with Gasteiger partial charge in [-0.15, -0.1) is 0 Å². The van der Waals surface area contributed by atoms with E-state index in [4.69, 9.17) is 9.84 Å². The Morgan fingerprint density at radius 3 is 2.56 bits per heavy atom. The third kappa shape index (κ3) is 4.81. The van der Waals surface area contributed by atoms with E-state index in [1.54, 1.807) is 7.11 Å². The predicted octanol–water partition coefficient (Wildman–Crippen LogP) is 1.94. The molecule has 3 nitrogen and oxygen atoms in total. The van der Waals surface area contributed by atoms with Gasteiger partial charge in [-0.3, -0.25) is 0 Å². The molecule has 0 aromatic rings. The first kappa shape index (κ1) is 13.9. The van der Waals surface area contributed by atoms with E-state index in [2.05, 4.69) is 12.2 Å². The molecule has 16 heavy (non-hydrogen) atoms. The van der Waals surface area contributed by atoms with Crippen LogP contribution < -0.4 is 5.32 Å². The summed E-state index contributed by atoms with van der Waals surface area (Å²) in [6.45, 7) is 4.09. The molecule has 1 fully saturated rings. The normalized spacial score (nSPS) is 21.9. The topological polar surface area (TPSA) is 41.5 Å². The zero-order chi connectivity index (χ0) is 11.9. The largest absolute Gasteiger partial charge is 0.396 e. The Morgan fingerprint density at radius 2 is 2.00 bits per heavy atom. The van der Waals surface area contributed by atoms with Crippen molar-refractivity contribution < 1.29 is 9.84 Å². The summed E-state index contributed by atoms with van der Waals surface area (Å²) in [7, 11) is 1.72. The van der Waals surface area contributed by atoms with Crippen LogP contribution in [0.1, 0.15) is 45.4 Å². The summed E-state index contributed by atoms with van der Waals surface area (Å²) in [4.78, 5) is 0. The van der Waals surface area contributed by atoms with Crippen LogP contribution in [0.15, 0.2) is 0 Å². The molecule has 1 aliphatic carbocycles. The van der Waals surface area contributed by atoms with E-state index in [1.165, 1.54) is 32.1 Å². The van der Waals surface area contributed by atoms with Crippen LogP contribution in [0.3, 0.4) is 0 Å². The van der Waals surface area contributed by atoms with Crippen molar-refractivity contribution in [3.05, 3.63) is 0 Å². The van der Waals surface area contributed by atoms with Crippen molar-refractivity contribution in [2.45, 2.75) is 51.0 Å². The van der Waals surface area contributed by atoms with Crippen LogP contribution in [0.5, 0.6) is 0 Å². The molecule has 2 N–H and O–H groups in total. The molecule has 1 atom stereocenters. The molecule has 96 valence electrons. The highest BCUT2D eigenvalue weighted by Gasteiger charge is 2.24. The average Bonchev–Trinajstić information content (AvgIpc) is 2.29. The molecule has 0 saturated heterocycles. The second kappa shape index (κ2) is 7.25. The number of aliphatic hydroxyl groups excluding tert-OH is 1. The van der Waals surface area contributed by atoms with Gasteiger partial charge in [0.05, 0.1) is 6.61 Å². The molecule has 0 heterocycles.